The molecule has 0 aliphatic carbocycles. The maximum absolute atomic E-state index is 13.3. The quantitative estimate of drug-likeness (QED) is 0.460. The summed E-state index contributed by atoms with van der Waals surface area (Å²) in [6.07, 6.45) is 0. The van der Waals surface area contributed by atoms with Gasteiger partial charge in [-0.15, -0.1) is 0 Å². The molecule has 0 atom stereocenters. The number of thioether (sulfide) groups is 1. The largest absolute Gasteiger partial charge is 0.350 e. The van der Waals surface area contributed by atoms with Gasteiger partial charge in [-0.2, -0.15) is 0 Å². The Morgan fingerprint density at radius 3 is 2.33 bits per heavy atom. The Bertz CT molecular complexity index is 1180. The van der Waals surface area contributed by atoms with E-state index < -0.39 is 11.8 Å². The third-order valence-corrected chi connectivity index (χ3v) is 6.25. The third-order valence-electron chi connectivity index (χ3n) is 4.51. The van der Waals surface area contributed by atoms with E-state index in [-0.39, 0.29) is 5.70 Å². The molecule has 150 valence electrons. The minimum Gasteiger partial charge on any atom is -0.350 e. The van der Waals surface area contributed by atoms with Crippen molar-refractivity contribution >= 4 is 58.2 Å². The lowest BCUT2D eigenvalue weighted by atomic mass is 10.2. The van der Waals surface area contributed by atoms with Crippen LogP contribution in [-0.2, 0) is 9.59 Å². The Morgan fingerprint density at radius 1 is 0.867 bits per heavy atom. The van der Waals surface area contributed by atoms with Crippen LogP contribution in [-0.4, -0.2) is 11.8 Å². The summed E-state index contributed by atoms with van der Waals surface area (Å²) in [5.74, 6) is -0.850. The summed E-state index contributed by atoms with van der Waals surface area (Å²) in [5.41, 5.74) is 2.11. The highest BCUT2D eigenvalue weighted by Crippen LogP contribution is 2.38. The van der Waals surface area contributed by atoms with Crippen molar-refractivity contribution in [2.75, 3.05) is 10.2 Å². The van der Waals surface area contributed by atoms with E-state index in [2.05, 4.69) is 5.32 Å². The zero-order valence-corrected chi connectivity index (χ0v) is 18.2. The number of rotatable bonds is 5. The molecule has 0 radical (unpaired) electrons. The number of hydrogen-bond donors (Lipinski definition) is 1. The predicted molar refractivity (Wildman–Crippen MR) is 123 cm³/mol. The predicted octanol–water partition coefficient (Wildman–Crippen LogP) is 6.29. The SMILES string of the molecule is Cc1ccc(N2C(=O)C(Nc3cccc(Cl)c3)=C(Sc3ccccc3)C2=O)cc1Cl. The molecule has 0 spiro atoms. The molecule has 0 bridgehead atoms. The summed E-state index contributed by atoms with van der Waals surface area (Å²) in [4.78, 5) is 28.9. The van der Waals surface area contributed by atoms with Crippen LogP contribution in [0.1, 0.15) is 5.56 Å². The van der Waals surface area contributed by atoms with Gasteiger partial charge in [0.2, 0.25) is 0 Å². The lowest BCUT2D eigenvalue weighted by molar-refractivity contribution is -0.120. The number of aryl methyl sites for hydroxylation is 1. The van der Waals surface area contributed by atoms with Crippen LogP contribution in [0.3, 0.4) is 0 Å². The average Bonchev–Trinajstić information content (AvgIpc) is 2.95. The minimum absolute atomic E-state index is 0.202. The number of nitrogens with zero attached hydrogens (tertiary/aromatic N) is 1. The number of anilines is 2. The Labute approximate surface area is 188 Å². The first-order valence-corrected chi connectivity index (χ1v) is 10.7. The first-order valence-electron chi connectivity index (χ1n) is 9.09. The van der Waals surface area contributed by atoms with Gasteiger partial charge < -0.3 is 5.32 Å². The van der Waals surface area contributed by atoms with Gasteiger partial charge in [-0.1, -0.05) is 65.3 Å². The number of carbonyl (C=O) groups is 2. The smallest absolute Gasteiger partial charge is 0.283 e. The van der Waals surface area contributed by atoms with E-state index in [1.165, 1.54) is 11.8 Å². The van der Waals surface area contributed by atoms with E-state index in [0.29, 0.717) is 26.3 Å². The second-order valence-electron chi connectivity index (χ2n) is 6.63. The Morgan fingerprint density at radius 2 is 1.63 bits per heavy atom. The van der Waals surface area contributed by atoms with Crippen LogP contribution in [0.15, 0.2) is 88.3 Å². The molecule has 1 heterocycles. The summed E-state index contributed by atoms with van der Waals surface area (Å²) in [6.45, 7) is 1.86. The van der Waals surface area contributed by atoms with E-state index in [1.807, 2.05) is 37.3 Å². The van der Waals surface area contributed by atoms with Gasteiger partial charge in [0.1, 0.15) is 10.6 Å². The maximum atomic E-state index is 13.3. The van der Waals surface area contributed by atoms with Crippen LogP contribution in [0.5, 0.6) is 0 Å². The van der Waals surface area contributed by atoms with Crippen LogP contribution in [0.4, 0.5) is 11.4 Å². The van der Waals surface area contributed by atoms with Crippen LogP contribution in [0.25, 0.3) is 0 Å². The van der Waals surface area contributed by atoms with Crippen molar-refractivity contribution in [1.29, 1.82) is 0 Å². The molecule has 2 amide bonds. The second-order valence-corrected chi connectivity index (χ2v) is 8.56. The molecule has 3 aromatic carbocycles. The van der Waals surface area contributed by atoms with Crippen LogP contribution in [0, 0.1) is 6.92 Å². The van der Waals surface area contributed by atoms with Gasteiger partial charge in [0.25, 0.3) is 11.8 Å². The lowest BCUT2D eigenvalue weighted by Crippen LogP contribution is -2.32. The summed E-state index contributed by atoms with van der Waals surface area (Å²) in [6, 6.07) is 21.5. The highest BCUT2D eigenvalue weighted by atomic mass is 35.5. The summed E-state index contributed by atoms with van der Waals surface area (Å²) in [7, 11) is 0. The molecule has 0 unspecified atom stereocenters. The molecule has 30 heavy (non-hydrogen) atoms. The Hall–Kier alpha value is -2.73. The molecular weight excluding hydrogens is 439 g/mol. The van der Waals surface area contributed by atoms with E-state index in [4.69, 9.17) is 23.2 Å². The topological polar surface area (TPSA) is 49.4 Å². The number of hydrogen-bond acceptors (Lipinski definition) is 4. The molecular formula is C23H16Cl2N2O2S. The van der Waals surface area contributed by atoms with Crippen molar-refractivity contribution < 1.29 is 9.59 Å². The molecule has 1 aliphatic rings. The van der Waals surface area contributed by atoms with Gasteiger partial charge in [-0.25, -0.2) is 4.90 Å². The number of nitrogens with one attached hydrogen (secondary N) is 1. The molecule has 3 aromatic rings. The first-order chi connectivity index (χ1) is 14.4. The van der Waals surface area contributed by atoms with Gasteiger partial charge in [0.05, 0.1) is 5.69 Å². The van der Waals surface area contributed by atoms with Crippen LogP contribution >= 0.6 is 35.0 Å². The molecule has 0 saturated heterocycles. The molecule has 0 aromatic heterocycles. The van der Waals surface area contributed by atoms with Gasteiger partial charge in [0.15, 0.2) is 0 Å². The van der Waals surface area contributed by atoms with E-state index >= 15 is 0 Å². The van der Waals surface area contributed by atoms with Crippen LogP contribution in [0.2, 0.25) is 10.0 Å². The van der Waals surface area contributed by atoms with Crippen molar-refractivity contribution in [2.45, 2.75) is 11.8 Å². The normalized spacial score (nSPS) is 13.9. The van der Waals surface area contributed by atoms with E-state index in [1.54, 1.807) is 42.5 Å². The van der Waals surface area contributed by atoms with Gasteiger partial charge in [0, 0.05) is 20.6 Å². The zero-order valence-electron chi connectivity index (χ0n) is 15.9. The molecule has 7 heteroatoms. The molecule has 1 N–H and O–H groups in total. The number of imide groups is 1. The van der Waals surface area contributed by atoms with E-state index in [9.17, 15) is 9.59 Å². The monoisotopic (exact) mass is 454 g/mol. The highest BCUT2D eigenvalue weighted by molar-refractivity contribution is 8.04. The fraction of sp³-hybridized carbons (Fsp3) is 0.0435. The van der Waals surface area contributed by atoms with Crippen molar-refractivity contribution in [1.82, 2.24) is 0 Å². The molecule has 1 aliphatic heterocycles. The standard InChI is InChI=1S/C23H16Cl2N2O2S/c1-14-10-11-17(13-19(14)25)27-22(28)20(26-16-7-5-6-15(24)12-16)21(23(27)29)30-18-8-3-2-4-9-18/h2-13,26H,1H3. The highest BCUT2D eigenvalue weighted by Gasteiger charge is 2.40. The second kappa shape index (κ2) is 8.56. The Kier molecular flexibility index (Phi) is 5.86. The van der Waals surface area contributed by atoms with Gasteiger partial charge in [-0.05, 0) is 55.0 Å². The Balaban J connectivity index is 1.76. The van der Waals surface area contributed by atoms with Crippen molar-refractivity contribution in [3.05, 3.63) is 99.0 Å². The minimum atomic E-state index is -0.446. The van der Waals surface area contributed by atoms with E-state index in [0.717, 1.165) is 15.4 Å². The molecule has 0 saturated carbocycles. The summed E-state index contributed by atoms with van der Waals surface area (Å²) < 4.78 is 0. The molecule has 4 nitrogen and oxygen atoms in total. The lowest BCUT2D eigenvalue weighted by Gasteiger charge is -2.16. The summed E-state index contributed by atoms with van der Waals surface area (Å²) in [5, 5.41) is 4.10. The van der Waals surface area contributed by atoms with Crippen molar-refractivity contribution in [3.63, 3.8) is 0 Å². The molecule has 0 fully saturated rings. The third kappa shape index (κ3) is 4.10. The van der Waals surface area contributed by atoms with Crippen molar-refractivity contribution in [2.24, 2.45) is 0 Å². The average molecular weight is 455 g/mol. The van der Waals surface area contributed by atoms with Gasteiger partial charge >= 0.3 is 0 Å². The summed E-state index contributed by atoms with van der Waals surface area (Å²) >= 11 is 13.6. The van der Waals surface area contributed by atoms with Gasteiger partial charge in [-0.3, -0.25) is 9.59 Å². The fourth-order valence-corrected chi connectivity index (χ4v) is 4.30. The number of halogens is 2. The van der Waals surface area contributed by atoms with Crippen LogP contribution < -0.4 is 10.2 Å². The number of benzene rings is 3. The fourth-order valence-electron chi connectivity index (χ4n) is 2.99. The zero-order chi connectivity index (χ0) is 21.3. The maximum Gasteiger partial charge on any atom is 0.283 e. The van der Waals surface area contributed by atoms with Crippen molar-refractivity contribution in [3.8, 4) is 0 Å². The molecule has 4 rings (SSSR count). The number of carbonyl (C=O) groups excluding carboxylic acids is 2. The number of amides is 2. The first kappa shape index (κ1) is 20.5.